The quantitative estimate of drug-likeness (QED) is 0.503. The van der Waals surface area contributed by atoms with Crippen LogP contribution in [0.1, 0.15) is 72.6 Å². The topological polar surface area (TPSA) is 40.6 Å². The van der Waals surface area contributed by atoms with Gasteiger partial charge >= 0.3 is 0 Å². The summed E-state index contributed by atoms with van der Waals surface area (Å²) in [5, 5.41) is 0. The number of ketones is 1. The number of carbonyl (C=O) groups is 2. The first kappa shape index (κ1) is 22.7. The second-order valence-corrected chi connectivity index (χ2v) is 5.98. The molecule has 1 aliphatic rings. The maximum absolute atomic E-state index is 12.1. The molecular weight excluding hydrogens is 300 g/mol. The van der Waals surface area contributed by atoms with E-state index in [1.54, 1.807) is 6.92 Å². The third kappa shape index (κ3) is 11.2. The van der Waals surface area contributed by atoms with Crippen LogP contribution in [0.15, 0.2) is 0 Å². The van der Waals surface area contributed by atoms with Gasteiger partial charge in [-0.15, -0.1) is 5.92 Å². The van der Waals surface area contributed by atoms with Gasteiger partial charge in [0.25, 0.3) is 0 Å². The van der Waals surface area contributed by atoms with E-state index in [0.717, 1.165) is 64.8 Å². The van der Waals surface area contributed by atoms with Crippen molar-refractivity contribution in [1.29, 1.82) is 0 Å². The van der Waals surface area contributed by atoms with E-state index in [9.17, 15) is 9.59 Å². The predicted octanol–water partition coefficient (Wildman–Crippen LogP) is 3.50. The van der Waals surface area contributed by atoms with Gasteiger partial charge in [-0.2, -0.15) is 0 Å². The molecule has 0 aliphatic carbocycles. The summed E-state index contributed by atoms with van der Waals surface area (Å²) in [6.07, 6.45) is 6.24. The maximum Gasteiger partial charge on any atom is 0.222 e. The predicted molar refractivity (Wildman–Crippen MR) is 101 cm³/mol. The number of amides is 1. The van der Waals surface area contributed by atoms with E-state index in [4.69, 9.17) is 0 Å². The second-order valence-electron chi connectivity index (χ2n) is 5.98. The number of hydrogen-bond acceptors (Lipinski definition) is 3. The molecule has 0 unspecified atom stereocenters. The Labute approximate surface area is 149 Å². The van der Waals surface area contributed by atoms with Crippen LogP contribution in [-0.4, -0.2) is 54.2 Å². The molecular formula is C20H36N2O2. The Morgan fingerprint density at radius 1 is 0.875 bits per heavy atom. The first-order valence-corrected chi connectivity index (χ1v) is 9.58. The van der Waals surface area contributed by atoms with Crippen molar-refractivity contribution in [2.45, 2.75) is 72.6 Å². The average molecular weight is 337 g/mol. The molecule has 0 bridgehead atoms. The lowest BCUT2D eigenvalue weighted by Crippen LogP contribution is -2.48. The maximum atomic E-state index is 12.1. The molecule has 1 saturated heterocycles. The van der Waals surface area contributed by atoms with Crippen LogP contribution in [0.3, 0.4) is 0 Å². The fourth-order valence-electron chi connectivity index (χ4n) is 2.61. The van der Waals surface area contributed by atoms with Gasteiger partial charge in [-0.05, 0) is 19.8 Å². The first-order chi connectivity index (χ1) is 11.6. The molecule has 4 nitrogen and oxygen atoms in total. The fourth-order valence-corrected chi connectivity index (χ4v) is 2.61. The Morgan fingerprint density at radius 2 is 1.46 bits per heavy atom. The number of nitrogens with zero attached hydrogens (tertiary/aromatic N) is 2. The molecule has 4 heteroatoms. The molecule has 1 heterocycles. The molecule has 1 aliphatic heterocycles. The van der Waals surface area contributed by atoms with E-state index in [1.807, 2.05) is 18.7 Å². The smallest absolute Gasteiger partial charge is 0.222 e. The van der Waals surface area contributed by atoms with Gasteiger partial charge in [-0.3, -0.25) is 9.69 Å². The van der Waals surface area contributed by atoms with Crippen molar-refractivity contribution in [3.05, 3.63) is 0 Å². The van der Waals surface area contributed by atoms with Gasteiger partial charge in [-0.25, -0.2) is 0 Å². The van der Waals surface area contributed by atoms with Crippen molar-refractivity contribution in [2.24, 2.45) is 0 Å². The minimum Gasteiger partial charge on any atom is -0.340 e. The Balaban J connectivity index is 0.00000254. The summed E-state index contributed by atoms with van der Waals surface area (Å²) >= 11 is 0. The van der Waals surface area contributed by atoms with E-state index in [-0.39, 0.29) is 11.7 Å². The summed E-state index contributed by atoms with van der Waals surface area (Å²) in [7, 11) is 0. The molecule has 24 heavy (non-hydrogen) atoms. The Morgan fingerprint density at radius 3 is 2.00 bits per heavy atom. The zero-order chi connectivity index (χ0) is 18.2. The van der Waals surface area contributed by atoms with Crippen LogP contribution in [0.4, 0.5) is 0 Å². The second kappa shape index (κ2) is 15.2. The van der Waals surface area contributed by atoms with Crippen LogP contribution in [0.5, 0.6) is 0 Å². The number of carbonyl (C=O) groups excluding carboxylic acids is 2. The molecule has 1 amide bonds. The molecule has 0 spiro atoms. The fraction of sp³-hybridized carbons (Fsp3) is 0.800. The summed E-state index contributed by atoms with van der Waals surface area (Å²) in [6.45, 7) is 12.0. The molecule has 1 rings (SSSR count). The van der Waals surface area contributed by atoms with E-state index in [0.29, 0.717) is 12.8 Å². The Hall–Kier alpha value is -1.34. The average Bonchev–Trinajstić information content (AvgIpc) is 2.60. The number of unbranched alkanes of at least 4 members (excludes halogenated alkanes) is 3. The Kier molecular flexibility index (Phi) is 14.4. The molecule has 0 aromatic rings. The first-order valence-electron chi connectivity index (χ1n) is 9.58. The van der Waals surface area contributed by atoms with Gasteiger partial charge in [0.2, 0.25) is 5.91 Å². The van der Waals surface area contributed by atoms with Gasteiger partial charge in [0, 0.05) is 45.4 Å². The van der Waals surface area contributed by atoms with Gasteiger partial charge in [0.05, 0.1) is 6.54 Å². The lowest BCUT2D eigenvalue weighted by molar-refractivity contribution is -0.133. The van der Waals surface area contributed by atoms with E-state index in [1.165, 1.54) is 0 Å². The van der Waals surface area contributed by atoms with Crippen molar-refractivity contribution in [3.8, 4) is 11.8 Å². The number of piperazine rings is 1. The van der Waals surface area contributed by atoms with Crippen LogP contribution < -0.4 is 0 Å². The highest BCUT2D eigenvalue weighted by molar-refractivity contribution is 5.76. The summed E-state index contributed by atoms with van der Waals surface area (Å²) in [6, 6.07) is 0. The molecule has 138 valence electrons. The summed E-state index contributed by atoms with van der Waals surface area (Å²) < 4.78 is 0. The highest BCUT2D eigenvalue weighted by Gasteiger charge is 2.19. The lowest BCUT2D eigenvalue weighted by atomic mass is 10.1. The highest BCUT2D eigenvalue weighted by Crippen LogP contribution is 2.09. The van der Waals surface area contributed by atoms with Crippen molar-refractivity contribution >= 4 is 11.7 Å². The summed E-state index contributed by atoms with van der Waals surface area (Å²) in [4.78, 5) is 27.3. The van der Waals surface area contributed by atoms with Gasteiger partial charge < -0.3 is 9.69 Å². The SMILES string of the molecule is CC.CCC#CCN1CCN(C(=O)CCCCCCC(C)=O)CC1. The summed E-state index contributed by atoms with van der Waals surface area (Å²) in [5.74, 6) is 6.79. The number of Topliss-reactive ketones (excluding diaryl/α,β-unsaturated/α-hetero) is 1. The molecule has 0 atom stereocenters. The molecule has 0 saturated carbocycles. The Bertz CT molecular complexity index is 402. The van der Waals surface area contributed by atoms with Crippen molar-refractivity contribution < 1.29 is 9.59 Å². The van der Waals surface area contributed by atoms with Crippen LogP contribution >= 0.6 is 0 Å². The van der Waals surface area contributed by atoms with Crippen LogP contribution in [0, 0.1) is 11.8 Å². The van der Waals surface area contributed by atoms with Crippen LogP contribution in [0.25, 0.3) is 0 Å². The van der Waals surface area contributed by atoms with E-state index in [2.05, 4.69) is 23.7 Å². The monoisotopic (exact) mass is 336 g/mol. The van der Waals surface area contributed by atoms with Crippen molar-refractivity contribution in [1.82, 2.24) is 9.80 Å². The van der Waals surface area contributed by atoms with Crippen molar-refractivity contribution in [2.75, 3.05) is 32.7 Å². The van der Waals surface area contributed by atoms with Crippen LogP contribution in [0.2, 0.25) is 0 Å². The van der Waals surface area contributed by atoms with E-state index < -0.39 is 0 Å². The minimum atomic E-state index is 0.262. The zero-order valence-corrected chi connectivity index (χ0v) is 16.2. The molecule has 0 aromatic carbocycles. The molecule has 0 aromatic heterocycles. The van der Waals surface area contributed by atoms with Crippen LogP contribution in [-0.2, 0) is 9.59 Å². The van der Waals surface area contributed by atoms with Gasteiger partial charge in [0.15, 0.2) is 0 Å². The lowest BCUT2D eigenvalue weighted by Gasteiger charge is -2.33. The normalized spacial score (nSPS) is 14.2. The largest absolute Gasteiger partial charge is 0.340 e. The number of hydrogen-bond donors (Lipinski definition) is 0. The molecule has 1 fully saturated rings. The zero-order valence-electron chi connectivity index (χ0n) is 16.2. The van der Waals surface area contributed by atoms with E-state index >= 15 is 0 Å². The standard InChI is InChI=1S/C18H30N2O2.C2H6/c1-3-4-9-12-19-13-15-20(16-14-19)18(22)11-8-6-5-7-10-17(2)21;1-2/h3,5-8,10-16H2,1-2H3;1-2H3. The highest BCUT2D eigenvalue weighted by atomic mass is 16.2. The third-order valence-corrected chi connectivity index (χ3v) is 4.00. The molecule has 0 N–H and O–H groups in total. The number of rotatable bonds is 8. The minimum absolute atomic E-state index is 0.262. The van der Waals surface area contributed by atoms with Gasteiger partial charge in [-0.1, -0.05) is 39.5 Å². The molecule has 0 radical (unpaired) electrons. The third-order valence-electron chi connectivity index (χ3n) is 4.00. The van der Waals surface area contributed by atoms with Crippen molar-refractivity contribution in [3.63, 3.8) is 0 Å². The summed E-state index contributed by atoms with van der Waals surface area (Å²) in [5.41, 5.74) is 0. The van der Waals surface area contributed by atoms with Gasteiger partial charge in [0.1, 0.15) is 5.78 Å².